The third kappa shape index (κ3) is 2.34. The molecule has 3 atom stereocenters. The molecule has 1 aliphatic carbocycles. The zero-order valence-electron chi connectivity index (χ0n) is 11.3. The summed E-state index contributed by atoms with van der Waals surface area (Å²) in [6.45, 7) is 6.60. The fourth-order valence-electron chi connectivity index (χ4n) is 3.36. The lowest BCUT2D eigenvalue weighted by atomic mass is 10.2. The Balaban J connectivity index is 1.44. The van der Waals surface area contributed by atoms with Crippen LogP contribution in [-0.2, 0) is 9.59 Å². The molecule has 1 saturated carbocycles. The lowest BCUT2D eigenvalue weighted by molar-refractivity contribution is -0.142. The molecule has 6 nitrogen and oxygen atoms in total. The van der Waals surface area contributed by atoms with Gasteiger partial charge in [0.25, 0.3) is 0 Å². The summed E-state index contributed by atoms with van der Waals surface area (Å²) < 4.78 is 0. The Kier molecular flexibility index (Phi) is 3.22. The van der Waals surface area contributed by atoms with E-state index in [-0.39, 0.29) is 17.7 Å². The summed E-state index contributed by atoms with van der Waals surface area (Å²) in [5, 5.41) is 8.94. The zero-order chi connectivity index (χ0) is 13.6. The first-order chi connectivity index (χ1) is 9.08. The van der Waals surface area contributed by atoms with E-state index >= 15 is 0 Å². The van der Waals surface area contributed by atoms with Crippen molar-refractivity contribution in [3.8, 4) is 0 Å². The van der Waals surface area contributed by atoms with Crippen LogP contribution >= 0.6 is 0 Å². The number of likely N-dealkylation sites (tertiary alicyclic amines) is 1. The number of aliphatic carboxylic acids is 1. The highest BCUT2D eigenvalue weighted by Crippen LogP contribution is 2.52. The molecule has 3 aliphatic rings. The molecule has 0 aromatic carbocycles. The van der Waals surface area contributed by atoms with Crippen molar-refractivity contribution in [1.29, 1.82) is 0 Å². The maximum Gasteiger partial charge on any atom is 0.307 e. The minimum atomic E-state index is -0.804. The minimum absolute atomic E-state index is 0.0616. The van der Waals surface area contributed by atoms with E-state index in [2.05, 4.69) is 16.8 Å². The van der Waals surface area contributed by atoms with Gasteiger partial charge in [-0.05, 0) is 7.05 Å². The van der Waals surface area contributed by atoms with E-state index in [1.165, 1.54) is 0 Å². The fraction of sp³-hybridized carbons (Fsp3) is 0.846. The summed E-state index contributed by atoms with van der Waals surface area (Å²) in [4.78, 5) is 29.4. The Hall–Kier alpha value is -1.14. The number of piperazine rings is 1. The van der Waals surface area contributed by atoms with E-state index in [9.17, 15) is 9.59 Å². The van der Waals surface area contributed by atoms with Crippen LogP contribution in [-0.4, -0.2) is 84.5 Å². The highest BCUT2D eigenvalue weighted by Gasteiger charge is 2.64. The molecule has 2 saturated heterocycles. The number of carboxylic acids is 1. The van der Waals surface area contributed by atoms with E-state index in [0.717, 1.165) is 39.3 Å². The standard InChI is InChI=1S/C13H21N3O3/c1-14-2-4-15(5-3-14)6-7-16-8-9-10(12(16)17)11(9)13(18)19/h9-11H,2-8H2,1H3,(H,18,19). The van der Waals surface area contributed by atoms with Gasteiger partial charge in [-0.1, -0.05) is 0 Å². The van der Waals surface area contributed by atoms with Crippen molar-refractivity contribution in [2.24, 2.45) is 17.8 Å². The summed E-state index contributed by atoms with van der Waals surface area (Å²) in [7, 11) is 2.13. The lowest BCUT2D eigenvalue weighted by Crippen LogP contribution is -2.47. The molecule has 0 spiro atoms. The Morgan fingerprint density at radius 1 is 1.26 bits per heavy atom. The average molecular weight is 267 g/mol. The molecule has 1 amide bonds. The zero-order valence-corrected chi connectivity index (χ0v) is 11.3. The summed E-state index contributed by atoms with van der Waals surface area (Å²) >= 11 is 0. The Labute approximate surface area is 112 Å². The second kappa shape index (κ2) is 4.76. The predicted molar refractivity (Wildman–Crippen MR) is 68.6 cm³/mol. The Morgan fingerprint density at radius 3 is 2.47 bits per heavy atom. The highest BCUT2D eigenvalue weighted by atomic mass is 16.4. The van der Waals surface area contributed by atoms with Crippen molar-refractivity contribution in [1.82, 2.24) is 14.7 Å². The average Bonchev–Trinajstić information content (AvgIpc) is 3.01. The van der Waals surface area contributed by atoms with Crippen molar-refractivity contribution in [3.05, 3.63) is 0 Å². The Morgan fingerprint density at radius 2 is 1.95 bits per heavy atom. The molecule has 0 aromatic rings. The van der Waals surface area contributed by atoms with Gasteiger partial charge in [0.05, 0.1) is 11.8 Å². The van der Waals surface area contributed by atoms with E-state index in [1.54, 1.807) is 0 Å². The predicted octanol–water partition coefficient (Wildman–Crippen LogP) is -0.977. The van der Waals surface area contributed by atoms with Gasteiger partial charge in [-0.15, -0.1) is 0 Å². The van der Waals surface area contributed by atoms with E-state index < -0.39 is 11.9 Å². The largest absolute Gasteiger partial charge is 0.481 e. The molecular formula is C13H21N3O3. The van der Waals surface area contributed by atoms with Gasteiger partial charge in [-0.25, -0.2) is 0 Å². The van der Waals surface area contributed by atoms with Crippen molar-refractivity contribution in [2.45, 2.75) is 0 Å². The summed E-state index contributed by atoms with van der Waals surface area (Å²) in [6, 6.07) is 0. The van der Waals surface area contributed by atoms with Gasteiger partial charge >= 0.3 is 5.97 Å². The van der Waals surface area contributed by atoms with Crippen molar-refractivity contribution < 1.29 is 14.7 Å². The fourth-order valence-corrected chi connectivity index (χ4v) is 3.36. The summed E-state index contributed by atoms with van der Waals surface area (Å²) in [5.74, 6) is -1.27. The molecule has 2 aliphatic heterocycles. The second-order valence-electron chi connectivity index (χ2n) is 5.98. The van der Waals surface area contributed by atoms with Gasteiger partial charge in [-0.2, -0.15) is 0 Å². The molecule has 19 heavy (non-hydrogen) atoms. The van der Waals surface area contributed by atoms with Crippen LogP contribution in [0, 0.1) is 17.8 Å². The van der Waals surface area contributed by atoms with Gasteiger partial charge in [0.15, 0.2) is 0 Å². The number of carboxylic acid groups (broad SMARTS) is 1. The minimum Gasteiger partial charge on any atom is -0.481 e. The van der Waals surface area contributed by atoms with Crippen LogP contribution in [0.25, 0.3) is 0 Å². The third-order valence-corrected chi connectivity index (χ3v) is 4.76. The van der Waals surface area contributed by atoms with Crippen LogP contribution in [0.3, 0.4) is 0 Å². The molecule has 0 bridgehead atoms. The quantitative estimate of drug-likeness (QED) is 0.709. The lowest BCUT2D eigenvalue weighted by Gasteiger charge is -2.33. The number of nitrogens with zero attached hydrogens (tertiary/aromatic N) is 3. The molecule has 3 unspecified atom stereocenters. The summed E-state index contributed by atoms with van der Waals surface area (Å²) in [6.07, 6.45) is 0. The highest BCUT2D eigenvalue weighted by molar-refractivity contribution is 5.93. The van der Waals surface area contributed by atoms with Crippen LogP contribution in [0.2, 0.25) is 0 Å². The van der Waals surface area contributed by atoms with Gasteiger partial charge in [-0.3, -0.25) is 14.5 Å². The number of piperidine rings is 1. The number of amides is 1. The molecule has 106 valence electrons. The third-order valence-electron chi connectivity index (χ3n) is 4.76. The number of carbonyl (C=O) groups is 2. The molecule has 1 N–H and O–H groups in total. The monoisotopic (exact) mass is 267 g/mol. The number of likely N-dealkylation sites (N-methyl/N-ethyl adjacent to an activating group) is 1. The Bertz CT molecular complexity index is 393. The van der Waals surface area contributed by atoms with Crippen LogP contribution in [0.4, 0.5) is 0 Å². The SMILES string of the molecule is CN1CCN(CCN2CC3C(C(=O)O)C3C2=O)CC1. The molecule has 0 radical (unpaired) electrons. The molecule has 3 fully saturated rings. The van der Waals surface area contributed by atoms with E-state index in [4.69, 9.17) is 5.11 Å². The van der Waals surface area contributed by atoms with Gasteiger partial charge in [0, 0.05) is 51.7 Å². The maximum absolute atomic E-state index is 12.0. The first kappa shape index (κ1) is 12.9. The first-order valence-electron chi connectivity index (χ1n) is 7.00. The van der Waals surface area contributed by atoms with Gasteiger partial charge in [0.1, 0.15) is 0 Å². The van der Waals surface area contributed by atoms with Gasteiger partial charge in [0.2, 0.25) is 5.91 Å². The van der Waals surface area contributed by atoms with Gasteiger partial charge < -0.3 is 14.9 Å². The molecule has 2 heterocycles. The van der Waals surface area contributed by atoms with Crippen LogP contribution in [0.15, 0.2) is 0 Å². The van der Waals surface area contributed by atoms with Crippen molar-refractivity contribution in [2.75, 3.05) is 52.9 Å². The van der Waals surface area contributed by atoms with Crippen LogP contribution in [0.5, 0.6) is 0 Å². The van der Waals surface area contributed by atoms with E-state index in [1.807, 2.05) is 4.90 Å². The molecule has 0 aromatic heterocycles. The number of carbonyl (C=O) groups excluding carboxylic acids is 1. The molecule has 3 rings (SSSR count). The smallest absolute Gasteiger partial charge is 0.307 e. The van der Waals surface area contributed by atoms with Crippen LogP contribution < -0.4 is 0 Å². The van der Waals surface area contributed by atoms with Crippen molar-refractivity contribution >= 4 is 11.9 Å². The van der Waals surface area contributed by atoms with E-state index in [0.29, 0.717) is 6.54 Å². The molecular weight excluding hydrogens is 246 g/mol. The second-order valence-corrected chi connectivity index (χ2v) is 5.98. The topological polar surface area (TPSA) is 64.1 Å². The number of fused-ring (bicyclic) bond motifs is 1. The number of hydrogen-bond acceptors (Lipinski definition) is 4. The maximum atomic E-state index is 12.0. The first-order valence-corrected chi connectivity index (χ1v) is 7.00. The van der Waals surface area contributed by atoms with Crippen molar-refractivity contribution in [3.63, 3.8) is 0 Å². The number of hydrogen-bond donors (Lipinski definition) is 1. The number of rotatable bonds is 4. The normalized spacial score (nSPS) is 35.5. The van der Waals surface area contributed by atoms with Crippen LogP contribution in [0.1, 0.15) is 0 Å². The summed E-state index contributed by atoms with van der Waals surface area (Å²) in [5.41, 5.74) is 0. The molecule has 6 heteroatoms.